The van der Waals surface area contributed by atoms with E-state index in [0.717, 1.165) is 16.9 Å². The van der Waals surface area contributed by atoms with E-state index in [0.29, 0.717) is 25.1 Å². The number of aryl methyl sites for hydroxylation is 1. The Labute approximate surface area is 120 Å². The Hall–Kier alpha value is -1.88. The number of hydrogen-bond acceptors (Lipinski definition) is 3. The molecule has 2 aromatic rings. The fourth-order valence-electron chi connectivity index (χ4n) is 2.63. The summed E-state index contributed by atoms with van der Waals surface area (Å²) in [6.07, 6.45) is 1.44. The monoisotopic (exact) mass is 291 g/mol. The predicted octanol–water partition coefficient (Wildman–Crippen LogP) is 1.80. The number of carbonyl (C=O) groups excluding carboxylic acids is 2. The Morgan fingerprint density at radius 2 is 2.15 bits per heavy atom. The molecule has 2 heterocycles. The van der Waals surface area contributed by atoms with E-state index in [4.69, 9.17) is 11.6 Å². The number of para-hydroxylation sites is 2. The van der Waals surface area contributed by atoms with Gasteiger partial charge in [0.15, 0.2) is 0 Å². The van der Waals surface area contributed by atoms with Gasteiger partial charge < -0.3 is 4.57 Å². The average molecular weight is 292 g/mol. The summed E-state index contributed by atoms with van der Waals surface area (Å²) in [4.78, 5) is 27.9. The number of hydrogen-bond donors (Lipinski definition) is 1. The molecule has 5 nitrogen and oxygen atoms in total. The summed E-state index contributed by atoms with van der Waals surface area (Å²) in [7, 11) is 0. The third-order valence-corrected chi connectivity index (χ3v) is 3.70. The highest BCUT2D eigenvalue weighted by Gasteiger charge is 2.30. The van der Waals surface area contributed by atoms with Crippen molar-refractivity contribution in [2.45, 2.75) is 25.3 Å². The van der Waals surface area contributed by atoms with E-state index in [1.807, 2.05) is 28.8 Å². The van der Waals surface area contributed by atoms with Gasteiger partial charge in [-0.3, -0.25) is 14.9 Å². The molecule has 1 aromatic heterocycles. The van der Waals surface area contributed by atoms with Gasteiger partial charge in [-0.05, 0) is 18.6 Å². The molecule has 1 aliphatic rings. The number of fused-ring (bicyclic) bond motifs is 1. The maximum atomic E-state index is 12.1. The van der Waals surface area contributed by atoms with Gasteiger partial charge in [0.25, 0.3) is 0 Å². The molecular formula is C14H14ClN3O2. The average Bonchev–Trinajstić information content (AvgIpc) is 2.78. The van der Waals surface area contributed by atoms with E-state index >= 15 is 0 Å². The van der Waals surface area contributed by atoms with Gasteiger partial charge in [0.1, 0.15) is 11.9 Å². The Bertz CT molecular complexity index is 680. The number of imide groups is 1. The standard InChI is InChI=1S/C14H14ClN3O2/c15-8-7-12-16-9-3-1-2-4-10(9)18(12)11-5-6-13(19)17-14(11)20/h1-4,11H,5-8H2,(H,17,19,20). The van der Waals surface area contributed by atoms with Crippen LogP contribution in [0.5, 0.6) is 0 Å². The van der Waals surface area contributed by atoms with E-state index in [1.54, 1.807) is 0 Å². The minimum atomic E-state index is -0.390. The number of carbonyl (C=O) groups is 2. The van der Waals surface area contributed by atoms with Gasteiger partial charge in [-0.1, -0.05) is 12.1 Å². The van der Waals surface area contributed by atoms with Crippen molar-refractivity contribution in [2.75, 3.05) is 5.88 Å². The van der Waals surface area contributed by atoms with Crippen LogP contribution < -0.4 is 5.32 Å². The summed E-state index contributed by atoms with van der Waals surface area (Å²) < 4.78 is 1.92. The van der Waals surface area contributed by atoms with Gasteiger partial charge in [0.05, 0.1) is 11.0 Å². The van der Waals surface area contributed by atoms with Gasteiger partial charge in [-0.25, -0.2) is 4.98 Å². The number of alkyl halides is 1. The van der Waals surface area contributed by atoms with Crippen LogP contribution in [0.4, 0.5) is 0 Å². The van der Waals surface area contributed by atoms with Crippen molar-refractivity contribution >= 4 is 34.4 Å². The molecular weight excluding hydrogens is 278 g/mol. The number of piperidine rings is 1. The molecule has 0 radical (unpaired) electrons. The van der Waals surface area contributed by atoms with Crippen LogP contribution in [0, 0.1) is 0 Å². The normalized spacial score (nSPS) is 19.4. The van der Waals surface area contributed by atoms with Crippen LogP contribution in [0.3, 0.4) is 0 Å². The summed E-state index contributed by atoms with van der Waals surface area (Å²) in [5, 5.41) is 2.39. The van der Waals surface area contributed by atoms with Crippen LogP contribution in [0.1, 0.15) is 24.7 Å². The second-order valence-electron chi connectivity index (χ2n) is 4.79. The van der Waals surface area contributed by atoms with E-state index < -0.39 is 6.04 Å². The minimum Gasteiger partial charge on any atom is -0.315 e. The number of rotatable bonds is 3. The number of benzene rings is 1. The van der Waals surface area contributed by atoms with Gasteiger partial charge in [-0.15, -0.1) is 11.6 Å². The zero-order valence-electron chi connectivity index (χ0n) is 10.8. The van der Waals surface area contributed by atoms with Crippen molar-refractivity contribution in [3.05, 3.63) is 30.1 Å². The second-order valence-corrected chi connectivity index (χ2v) is 5.17. The highest BCUT2D eigenvalue weighted by atomic mass is 35.5. The zero-order chi connectivity index (χ0) is 14.1. The summed E-state index contributed by atoms with van der Waals surface area (Å²) >= 11 is 5.83. The SMILES string of the molecule is O=C1CCC(n2c(CCCl)nc3ccccc32)C(=O)N1. The molecule has 1 fully saturated rings. The first-order valence-electron chi connectivity index (χ1n) is 6.56. The molecule has 1 aliphatic heterocycles. The molecule has 1 aromatic carbocycles. The number of aromatic nitrogens is 2. The van der Waals surface area contributed by atoms with Crippen molar-refractivity contribution in [2.24, 2.45) is 0 Å². The van der Waals surface area contributed by atoms with Gasteiger partial charge in [-0.2, -0.15) is 0 Å². The molecule has 0 spiro atoms. The number of halogens is 1. The lowest BCUT2D eigenvalue weighted by Crippen LogP contribution is -2.42. The minimum absolute atomic E-state index is 0.213. The van der Waals surface area contributed by atoms with E-state index in [-0.39, 0.29) is 11.8 Å². The number of nitrogens with one attached hydrogen (secondary N) is 1. The number of amides is 2. The molecule has 6 heteroatoms. The number of nitrogens with zero attached hydrogens (tertiary/aromatic N) is 2. The summed E-state index contributed by atoms with van der Waals surface area (Å²) in [5.74, 6) is 0.752. The molecule has 0 aliphatic carbocycles. The highest BCUT2D eigenvalue weighted by Crippen LogP contribution is 2.26. The topological polar surface area (TPSA) is 64.0 Å². The lowest BCUT2D eigenvalue weighted by atomic mass is 10.1. The van der Waals surface area contributed by atoms with Crippen molar-refractivity contribution in [3.63, 3.8) is 0 Å². The van der Waals surface area contributed by atoms with E-state index in [1.165, 1.54) is 0 Å². The van der Waals surface area contributed by atoms with Crippen LogP contribution in [-0.4, -0.2) is 27.2 Å². The smallest absolute Gasteiger partial charge is 0.249 e. The van der Waals surface area contributed by atoms with Crippen LogP contribution in [0.15, 0.2) is 24.3 Å². The van der Waals surface area contributed by atoms with E-state index in [2.05, 4.69) is 10.3 Å². The van der Waals surface area contributed by atoms with Crippen molar-refractivity contribution < 1.29 is 9.59 Å². The van der Waals surface area contributed by atoms with Crippen LogP contribution in [0.2, 0.25) is 0 Å². The third-order valence-electron chi connectivity index (χ3n) is 3.51. The molecule has 1 atom stereocenters. The number of imidazole rings is 1. The molecule has 1 unspecified atom stereocenters. The fraction of sp³-hybridized carbons (Fsp3) is 0.357. The zero-order valence-corrected chi connectivity index (χ0v) is 11.6. The predicted molar refractivity (Wildman–Crippen MR) is 75.6 cm³/mol. The first kappa shape index (κ1) is 13.1. The van der Waals surface area contributed by atoms with Gasteiger partial charge in [0, 0.05) is 18.7 Å². The molecule has 0 bridgehead atoms. The van der Waals surface area contributed by atoms with Crippen LogP contribution in [-0.2, 0) is 16.0 Å². The largest absolute Gasteiger partial charge is 0.315 e. The first-order chi connectivity index (χ1) is 9.70. The maximum Gasteiger partial charge on any atom is 0.249 e. The molecule has 104 valence electrons. The van der Waals surface area contributed by atoms with Gasteiger partial charge in [0.2, 0.25) is 11.8 Å². The van der Waals surface area contributed by atoms with Crippen LogP contribution >= 0.6 is 11.6 Å². The van der Waals surface area contributed by atoms with Gasteiger partial charge >= 0.3 is 0 Å². The molecule has 0 saturated carbocycles. The highest BCUT2D eigenvalue weighted by molar-refractivity contribution is 6.18. The summed E-state index contributed by atoms with van der Waals surface area (Å²) in [5.41, 5.74) is 1.75. The van der Waals surface area contributed by atoms with Crippen LogP contribution in [0.25, 0.3) is 11.0 Å². The summed E-state index contributed by atoms with van der Waals surface area (Å²) in [6.45, 7) is 0. The third kappa shape index (κ3) is 2.18. The van der Waals surface area contributed by atoms with Crippen molar-refractivity contribution in [3.8, 4) is 0 Å². The lowest BCUT2D eigenvalue weighted by molar-refractivity contribution is -0.135. The first-order valence-corrected chi connectivity index (χ1v) is 7.09. The molecule has 2 amide bonds. The Morgan fingerprint density at radius 1 is 1.35 bits per heavy atom. The van der Waals surface area contributed by atoms with Crippen molar-refractivity contribution in [1.82, 2.24) is 14.9 Å². The Kier molecular flexibility index (Phi) is 3.44. The van der Waals surface area contributed by atoms with E-state index in [9.17, 15) is 9.59 Å². The second kappa shape index (κ2) is 5.25. The maximum absolute atomic E-state index is 12.1. The van der Waals surface area contributed by atoms with Crippen molar-refractivity contribution in [1.29, 1.82) is 0 Å². The summed E-state index contributed by atoms with van der Waals surface area (Å²) in [6, 6.07) is 7.28. The molecule has 3 rings (SSSR count). The quantitative estimate of drug-likeness (QED) is 0.693. The molecule has 1 N–H and O–H groups in total. The molecule has 20 heavy (non-hydrogen) atoms. The molecule has 1 saturated heterocycles. The Balaban J connectivity index is 2.10. The Morgan fingerprint density at radius 3 is 2.90 bits per heavy atom. The fourth-order valence-corrected chi connectivity index (χ4v) is 2.80. The lowest BCUT2D eigenvalue weighted by Gasteiger charge is -2.24.